The number of hydrogen-bond donors (Lipinski definition) is 0. The van der Waals surface area contributed by atoms with Crippen LogP contribution in [0.3, 0.4) is 0 Å². The third kappa shape index (κ3) is 7.00. The standard InChI is InChI=1S/C40H35N3O7S/c1-5-48-32-21-25(19-20-30(32)50-24-28-16-11-10-15-27(28)23-41)22-33-38(44)43-36(29-17-12-18-31(46-3)37(29)47-4)34(39(45)49-6-2)35(42-40(43)51-33)26-13-8-7-9-14-26/h7-22,36H,5-6,24H2,1-4H3/b33-22-/t36-/m1/s1. The van der Waals surface area contributed by atoms with E-state index in [1.165, 1.54) is 30.1 Å². The number of nitrogens with zero attached hydrogens (tertiary/aromatic N) is 3. The molecule has 51 heavy (non-hydrogen) atoms. The minimum atomic E-state index is -0.950. The van der Waals surface area contributed by atoms with Gasteiger partial charge in [0.2, 0.25) is 0 Å². The number of methoxy groups -OCH3 is 2. The Labute approximate surface area is 298 Å². The predicted molar refractivity (Wildman–Crippen MR) is 194 cm³/mol. The van der Waals surface area contributed by atoms with Crippen molar-refractivity contribution in [2.75, 3.05) is 27.4 Å². The van der Waals surface area contributed by atoms with Crippen molar-refractivity contribution in [3.8, 4) is 29.1 Å². The van der Waals surface area contributed by atoms with Crippen molar-refractivity contribution >= 4 is 29.1 Å². The number of ether oxygens (including phenoxy) is 5. The number of para-hydroxylation sites is 1. The summed E-state index contributed by atoms with van der Waals surface area (Å²) in [4.78, 5) is 33.7. The van der Waals surface area contributed by atoms with Crippen LogP contribution in [-0.2, 0) is 16.1 Å². The van der Waals surface area contributed by atoms with Gasteiger partial charge in [0.05, 0.1) is 54.9 Å². The molecule has 0 amide bonds. The second kappa shape index (κ2) is 15.6. The number of hydrogen-bond acceptors (Lipinski definition) is 10. The molecule has 2 heterocycles. The zero-order chi connectivity index (χ0) is 35.9. The lowest BCUT2D eigenvalue weighted by Crippen LogP contribution is -2.40. The number of carbonyl (C=O) groups excluding carboxylic acids is 1. The van der Waals surface area contributed by atoms with Crippen LogP contribution in [0.2, 0.25) is 0 Å². The van der Waals surface area contributed by atoms with Crippen molar-refractivity contribution < 1.29 is 28.5 Å². The maximum atomic E-state index is 14.5. The van der Waals surface area contributed by atoms with E-state index in [9.17, 15) is 14.9 Å². The Balaban J connectivity index is 1.52. The molecular formula is C40H35N3O7S. The summed E-state index contributed by atoms with van der Waals surface area (Å²) < 4.78 is 30.9. The molecule has 0 bridgehead atoms. The predicted octanol–water partition coefficient (Wildman–Crippen LogP) is 5.80. The highest BCUT2D eigenvalue weighted by atomic mass is 32.1. The van der Waals surface area contributed by atoms with Gasteiger partial charge in [-0.3, -0.25) is 9.36 Å². The molecule has 258 valence electrons. The van der Waals surface area contributed by atoms with Gasteiger partial charge < -0.3 is 23.7 Å². The molecule has 1 aromatic heterocycles. The van der Waals surface area contributed by atoms with Crippen LogP contribution in [0.4, 0.5) is 0 Å². The molecule has 0 saturated heterocycles. The Morgan fingerprint density at radius 3 is 2.41 bits per heavy atom. The van der Waals surface area contributed by atoms with Gasteiger partial charge in [0.25, 0.3) is 5.56 Å². The summed E-state index contributed by atoms with van der Waals surface area (Å²) in [6.07, 6.45) is 1.76. The first-order chi connectivity index (χ1) is 24.9. The highest BCUT2D eigenvalue weighted by Gasteiger charge is 2.37. The van der Waals surface area contributed by atoms with E-state index < -0.39 is 12.0 Å². The first kappa shape index (κ1) is 34.7. The van der Waals surface area contributed by atoms with Crippen molar-refractivity contribution in [1.29, 1.82) is 5.26 Å². The molecule has 11 heteroatoms. The van der Waals surface area contributed by atoms with E-state index in [0.29, 0.717) is 66.9 Å². The van der Waals surface area contributed by atoms with Crippen molar-refractivity contribution in [1.82, 2.24) is 4.57 Å². The van der Waals surface area contributed by atoms with Gasteiger partial charge in [-0.15, -0.1) is 0 Å². The molecule has 0 radical (unpaired) electrons. The van der Waals surface area contributed by atoms with Gasteiger partial charge in [-0.25, -0.2) is 9.79 Å². The van der Waals surface area contributed by atoms with Crippen molar-refractivity contribution in [3.63, 3.8) is 0 Å². The molecule has 0 N–H and O–H groups in total. The molecule has 5 aromatic rings. The quantitative estimate of drug-likeness (QED) is 0.150. The number of fused-ring (bicyclic) bond motifs is 1. The number of aromatic nitrogens is 1. The lowest BCUT2D eigenvalue weighted by atomic mass is 9.92. The van der Waals surface area contributed by atoms with Gasteiger partial charge in [-0.05, 0) is 49.8 Å². The Morgan fingerprint density at radius 1 is 0.902 bits per heavy atom. The van der Waals surface area contributed by atoms with Gasteiger partial charge >= 0.3 is 5.97 Å². The molecule has 0 aliphatic carbocycles. The Morgan fingerprint density at radius 2 is 1.69 bits per heavy atom. The van der Waals surface area contributed by atoms with Crippen LogP contribution in [0.5, 0.6) is 23.0 Å². The molecule has 0 spiro atoms. The molecule has 0 fully saturated rings. The third-order valence-corrected chi connectivity index (χ3v) is 9.17. The normalized spacial score (nSPS) is 13.9. The van der Waals surface area contributed by atoms with Crippen molar-refractivity contribution in [2.24, 2.45) is 4.99 Å². The van der Waals surface area contributed by atoms with Crippen LogP contribution in [0, 0.1) is 11.3 Å². The van der Waals surface area contributed by atoms with Crippen LogP contribution in [0.15, 0.2) is 106 Å². The summed E-state index contributed by atoms with van der Waals surface area (Å²) in [5.74, 6) is 1.22. The first-order valence-electron chi connectivity index (χ1n) is 16.3. The maximum Gasteiger partial charge on any atom is 0.338 e. The largest absolute Gasteiger partial charge is 0.493 e. The lowest BCUT2D eigenvalue weighted by Gasteiger charge is -2.27. The number of carbonyl (C=O) groups is 1. The van der Waals surface area contributed by atoms with Gasteiger partial charge in [0, 0.05) is 16.7 Å². The van der Waals surface area contributed by atoms with E-state index in [1.54, 1.807) is 49.4 Å². The second-order valence-electron chi connectivity index (χ2n) is 11.2. The second-order valence-corrected chi connectivity index (χ2v) is 12.2. The smallest absolute Gasteiger partial charge is 0.338 e. The van der Waals surface area contributed by atoms with E-state index in [-0.39, 0.29) is 24.3 Å². The maximum absolute atomic E-state index is 14.5. The molecule has 1 aliphatic rings. The molecular weight excluding hydrogens is 667 g/mol. The van der Waals surface area contributed by atoms with Crippen LogP contribution in [-0.4, -0.2) is 38.0 Å². The Kier molecular flexibility index (Phi) is 10.6. The molecule has 1 aliphatic heterocycles. The number of nitriles is 1. The highest BCUT2D eigenvalue weighted by Crippen LogP contribution is 2.42. The summed E-state index contributed by atoms with van der Waals surface area (Å²) in [7, 11) is 3.05. The molecule has 0 unspecified atom stereocenters. The highest BCUT2D eigenvalue weighted by molar-refractivity contribution is 7.07. The van der Waals surface area contributed by atoms with E-state index in [1.807, 2.05) is 61.5 Å². The van der Waals surface area contributed by atoms with Crippen LogP contribution >= 0.6 is 11.3 Å². The van der Waals surface area contributed by atoms with Crippen LogP contribution in [0.1, 0.15) is 47.7 Å². The zero-order valence-electron chi connectivity index (χ0n) is 28.5. The SMILES string of the molecule is CCOC(=O)C1=C(c2ccccc2)N=c2s/c(=C\c3ccc(OCc4ccccc4C#N)c(OCC)c3)c(=O)n2[C@@H]1c1cccc(OC)c1OC. The van der Waals surface area contributed by atoms with Crippen LogP contribution < -0.4 is 33.8 Å². The molecule has 1 atom stereocenters. The fraction of sp³-hybridized carbons (Fsp3) is 0.200. The summed E-state index contributed by atoms with van der Waals surface area (Å²) in [5, 5.41) is 9.48. The average molecular weight is 702 g/mol. The van der Waals surface area contributed by atoms with Gasteiger partial charge in [-0.2, -0.15) is 5.26 Å². The number of rotatable bonds is 12. The van der Waals surface area contributed by atoms with E-state index >= 15 is 0 Å². The number of esters is 1. The van der Waals surface area contributed by atoms with E-state index in [4.69, 9.17) is 28.7 Å². The van der Waals surface area contributed by atoms with Gasteiger partial charge in [-0.1, -0.05) is 78.1 Å². The first-order valence-corrected chi connectivity index (χ1v) is 17.1. The summed E-state index contributed by atoms with van der Waals surface area (Å²) in [6.45, 7) is 4.30. The van der Waals surface area contributed by atoms with E-state index in [2.05, 4.69) is 6.07 Å². The van der Waals surface area contributed by atoms with Crippen LogP contribution in [0.25, 0.3) is 11.8 Å². The summed E-state index contributed by atoms with van der Waals surface area (Å²) in [5.41, 5.74) is 3.46. The zero-order valence-corrected chi connectivity index (χ0v) is 29.4. The lowest BCUT2D eigenvalue weighted by molar-refractivity contribution is -0.138. The summed E-state index contributed by atoms with van der Waals surface area (Å²) in [6, 6.07) is 28.6. The van der Waals surface area contributed by atoms with Crippen molar-refractivity contribution in [2.45, 2.75) is 26.5 Å². The number of thiazole rings is 1. The molecule has 0 saturated carbocycles. The molecule has 6 rings (SSSR count). The minimum absolute atomic E-state index is 0.128. The third-order valence-electron chi connectivity index (χ3n) is 8.19. The van der Waals surface area contributed by atoms with Crippen molar-refractivity contribution in [3.05, 3.63) is 144 Å². The van der Waals surface area contributed by atoms with Gasteiger partial charge in [0.1, 0.15) is 12.6 Å². The Bertz CT molecular complexity index is 2340. The van der Waals surface area contributed by atoms with Gasteiger partial charge in [0.15, 0.2) is 27.8 Å². The Hall–Kier alpha value is -6.12. The minimum Gasteiger partial charge on any atom is -0.493 e. The van der Waals surface area contributed by atoms with E-state index in [0.717, 1.165) is 5.56 Å². The number of benzene rings is 4. The molecule has 4 aromatic carbocycles. The monoisotopic (exact) mass is 701 g/mol. The fourth-order valence-electron chi connectivity index (χ4n) is 5.93. The molecule has 10 nitrogen and oxygen atoms in total. The topological polar surface area (TPSA) is 121 Å². The summed E-state index contributed by atoms with van der Waals surface area (Å²) >= 11 is 1.21. The fourth-order valence-corrected chi connectivity index (χ4v) is 6.93. The average Bonchev–Trinajstić information content (AvgIpc) is 3.47.